The molecule has 1 aromatic heterocycles. The van der Waals surface area contributed by atoms with Crippen molar-refractivity contribution >= 4 is 11.6 Å². The molecule has 0 bridgehead atoms. The molecule has 1 heterocycles. The Hall–Kier alpha value is -1.32. The quantitative estimate of drug-likeness (QED) is 0.878. The first-order valence-electron chi connectivity index (χ1n) is 6.73. The van der Waals surface area contributed by atoms with Crippen molar-refractivity contribution < 1.29 is 0 Å². The smallest absolute Gasteiger partial charge is 0.0662 e. The summed E-state index contributed by atoms with van der Waals surface area (Å²) in [6.07, 6.45) is 2.96. The zero-order valence-electron chi connectivity index (χ0n) is 11.5. The number of halogens is 1. The molecule has 3 nitrogen and oxygen atoms in total. The molecule has 1 N–H and O–H groups in total. The molecular formula is C15H20ClN3. The summed E-state index contributed by atoms with van der Waals surface area (Å²) in [6, 6.07) is 7.94. The van der Waals surface area contributed by atoms with Gasteiger partial charge in [-0.25, -0.2) is 0 Å². The first-order valence-corrected chi connectivity index (χ1v) is 7.11. The maximum Gasteiger partial charge on any atom is 0.0662 e. The molecule has 0 unspecified atom stereocenters. The van der Waals surface area contributed by atoms with Gasteiger partial charge in [0.15, 0.2) is 0 Å². The lowest BCUT2D eigenvalue weighted by Gasteiger charge is -2.08. The lowest BCUT2D eigenvalue weighted by Crippen LogP contribution is -2.13. The molecule has 0 aliphatic rings. The highest BCUT2D eigenvalue weighted by Crippen LogP contribution is 2.14. The minimum Gasteiger partial charge on any atom is -0.313 e. The first kappa shape index (κ1) is 14.1. The molecular weight excluding hydrogens is 258 g/mol. The van der Waals surface area contributed by atoms with Gasteiger partial charge >= 0.3 is 0 Å². The molecule has 19 heavy (non-hydrogen) atoms. The fraction of sp³-hybridized carbons (Fsp3) is 0.400. The predicted molar refractivity (Wildman–Crippen MR) is 79.5 cm³/mol. The number of rotatable bonds is 6. The van der Waals surface area contributed by atoms with E-state index in [2.05, 4.69) is 28.9 Å². The molecule has 2 rings (SSSR count). The molecule has 0 saturated carbocycles. The molecule has 4 heteroatoms. The van der Waals surface area contributed by atoms with E-state index >= 15 is 0 Å². The summed E-state index contributed by atoms with van der Waals surface area (Å²) in [5, 5.41) is 8.63. The summed E-state index contributed by atoms with van der Waals surface area (Å²) in [5.74, 6) is 0. The van der Waals surface area contributed by atoms with E-state index in [1.54, 1.807) is 0 Å². The van der Waals surface area contributed by atoms with Crippen LogP contribution in [-0.2, 0) is 19.5 Å². The van der Waals surface area contributed by atoms with Crippen molar-refractivity contribution in [2.75, 3.05) is 6.54 Å². The van der Waals surface area contributed by atoms with E-state index in [0.29, 0.717) is 0 Å². The van der Waals surface area contributed by atoms with Crippen LogP contribution in [0.5, 0.6) is 0 Å². The molecule has 0 radical (unpaired) electrons. The van der Waals surface area contributed by atoms with Gasteiger partial charge in [0.2, 0.25) is 0 Å². The molecule has 1 aromatic carbocycles. The van der Waals surface area contributed by atoms with Gasteiger partial charge in [0.1, 0.15) is 0 Å². The van der Waals surface area contributed by atoms with E-state index in [9.17, 15) is 0 Å². The van der Waals surface area contributed by atoms with Crippen LogP contribution in [-0.4, -0.2) is 16.3 Å². The van der Waals surface area contributed by atoms with Crippen LogP contribution in [0.3, 0.4) is 0 Å². The van der Waals surface area contributed by atoms with Gasteiger partial charge in [0, 0.05) is 22.8 Å². The van der Waals surface area contributed by atoms with E-state index in [-0.39, 0.29) is 0 Å². The molecule has 0 aliphatic heterocycles. The second-order valence-electron chi connectivity index (χ2n) is 4.53. The van der Waals surface area contributed by atoms with Crippen molar-refractivity contribution in [3.63, 3.8) is 0 Å². The maximum absolute atomic E-state index is 5.90. The van der Waals surface area contributed by atoms with Crippen LogP contribution < -0.4 is 5.32 Å². The fourth-order valence-corrected chi connectivity index (χ4v) is 2.29. The maximum atomic E-state index is 5.90. The zero-order valence-corrected chi connectivity index (χ0v) is 12.2. The Labute approximate surface area is 119 Å². The Morgan fingerprint density at radius 2 is 1.95 bits per heavy atom. The molecule has 0 fully saturated rings. The Kier molecular flexibility index (Phi) is 5.00. The zero-order chi connectivity index (χ0) is 13.7. The highest BCUT2D eigenvalue weighted by atomic mass is 35.5. The first-order chi connectivity index (χ1) is 9.24. The van der Waals surface area contributed by atoms with E-state index < -0.39 is 0 Å². The van der Waals surface area contributed by atoms with Gasteiger partial charge in [-0.3, -0.25) is 4.68 Å². The number of nitrogens with zero attached hydrogens (tertiary/aromatic N) is 2. The number of hydrogen-bond donors (Lipinski definition) is 1. The largest absolute Gasteiger partial charge is 0.313 e. The minimum absolute atomic E-state index is 0.771. The van der Waals surface area contributed by atoms with Crippen LogP contribution in [0.25, 0.3) is 0 Å². The predicted octanol–water partition coefficient (Wildman–Crippen LogP) is 3.26. The molecule has 0 amide bonds. The van der Waals surface area contributed by atoms with Crippen molar-refractivity contribution in [1.82, 2.24) is 15.1 Å². The number of benzene rings is 1. The van der Waals surface area contributed by atoms with Gasteiger partial charge in [-0.2, -0.15) is 5.10 Å². The van der Waals surface area contributed by atoms with Gasteiger partial charge in [0.25, 0.3) is 0 Å². The Morgan fingerprint density at radius 1 is 1.21 bits per heavy atom. The van der Waals surface area contributed by atoms with Crippen molar-refractivity contribution in [3.05, 3.63) is 52.3 Å². The third kappa shape index (κ3) is 3.58. The van der Waals surface area contributed by atoms with Gasteiger partial charge in [-0.1, -0.05) is 37.6 Å². The molecule has 0 aliphatic carbocycles. The summed E-state index contributed by atoms with van der Waals surface area (Å²) in [4.78, 5) is 0. The van der Waals surface area contributed by atoms with Crippen LogP contribution >= 0.6 is 11.6 Å². The third-order valence-electron chi connectivity index (χ3n) is 3.18. The summed E-state index contributed by atoms with van der Waals surface area (Å²) < 4.78 is 2.08. The third-order valence-corrected chi connectivity index (χ3v) is 3.43. The average molecular weight is 278 g/mol. The molecule has 0 atom stereocenters. The van der Waals surface area contributed by atoms with Crippen molar-refractivity contribution in [3.8, 4) is 0 Å². The molecule has 2 aromatic rings. The summed E-state index contributed by atoms with van der Waals surface area (Å²) in [6.45, 7) is 6.95. The lowest BCUT2D eigenvalue weighted by molar-refractivity contribution is 0.642. The highest BCUT2D eigenvalue weighted by molar-refractivity contribution is 6.30. The molecule has 0 saturated heterocycles. The van der Waals surface area contributed by atoms with E-state index in [0.717, 1.165) is 31.1 Å². The second-order valence-corrected chi connectivity index (χ2v) is 4.97. The standard InChI is InChI=1S/C15H20ClN3/c1-3-15-13(9-17-4-2)10-18-19(15)11-12-5-7-14(16)8-6-12/h5-8,10,17H,3-4,9,11H2,1-2H3. The van der Waals surface area contributed by atoms with Crippen LogP contribution in [0, 0.1) is 0 Å². The number of hydrogen-bond acceptors (Lipinski definition) is 2. The van der Waals surface area contributed by atoms with Crippen LogP contribution in [0.2, 0.25) is 5.02 Å². The summed E-state index contributed by atoms with van der Waals surface area (Å²) in [7, 11) is 0. The van der Waals surface area contributed by atoms with Crippen molar-refractivity contribution in [2.45, 2.75) is 33.4 Å². The molecule has 0 spiro atoms. The van der Waals surface area contributed by atoms with Gasteiger partial charge in [0.05, 0.1) is 12.7 Å². The van der Waals surface area contributed by atoms with E-state index in [4.69, 9.17) is 11.6 Å². The lowest BCUT2D eigenvalue weighted by atomic mass is 10.2. The van der Waals surface area contributed by atoms with Crippen LogP contribution in [0.1, 0.15) is 30.7 Å². The topological polar surface area (TPSA) is 29.9 Å². The number of aromatic nitrogens is 2. The summed E-state index contributed by atoms with van der Waals surface area (Å²) >= 11 is 5.90. The van der Waals surface area contributed by atoms with Crippen molar-refractivity contribution in [1.29, 1.82) is 0 Å². The van der Waals surface area contributed by atoms with Gasteiger partial charge in [-0.05, 0) is 30.7 Å². The van der Waals surface area contributed by atoms with Crippen LogP contribution in [0.15, 0.2) is 30.5 Å². The average Bonchev–Trinajstić information content (AvgIpc) is 2.81. The minimum atomic E-state index is 0.771. The summed E-state index contributed by atoms with van der Waals surface area (Å²) in [5.41, 5.74) is 3.81. The Bertz CT molecular complexity index is 517. The molecule has 102 valence electrons. The fourth-order valence-electron chi connectivity index (χ4n) is 2.17. The van der Waals surface area contributed by atoms with E-state index in [1.165, 1.54) is 16.8 Å². The van der Waals surface area contributed by atoms with Gasteiger partial charge < -0.3 is 5.32 Å². The Morgan fingerprint density at radius 3 is 2.58 bits per heavy atom. The van der Waals surface area contributed by atoms with Gasteiger partial charge in [-0.15, -0.1) is 0 Å². The Balaban J connectivity index is 2.15. The normalized spacial score (nSPS) is 10.9. The highest BCUT2D eigenvalue weighted by Gasteiger charge is 2.08. The van der Waals surface area contributed by atoms with Crippen LogP contribution in [0.4, 0.5) is 0 Å². The number of nitrogens with one attached hydrogen (secondary N) is 1. The van der Waals surface area contributed by atoms with Crippen molar-refractivity contribution in [2.24, 2.45) is 0 Å². The monoisotopic (exact) mass is 277 g/mol. The second kappa shape index (κ2) is 6.73. The van der Waals surface area contributed by atoms with E-state index in [1.807, 2.05) is 30.5 Å². The SMILES string of the molecule is CCNCc1cnn(Cc2ccc(Cl)cc2)c1CC.